The number of benzene rings is 2. The molecule has 1 unspecified atom stereocenters. The van der Waals surface area contributed by atoms with Crippen LogP contribution in [0.15, 0.2) is 54.6 Å². The fourth-order valence-corrected chi connectivity index (χ4v) is 3.13. The van der Waals surface area contributed by atoms with Crippen LogP contribution in [0.2, 0.25) is 0 Å². The van der Waals surface area contributed by atoms with E-state index in [-0.39, 0.29) is 18.3 Å². The van der Waals surface area contributed by atoms with E-state index in [1.54, 1.807) is 18.2 Å². The molecule has 5 nitrogen and oxygen atoms in total. The summed E-state index contributed by atoms with van der Waals surface area (Å²) in [6, 6.07) is 13.3. The SMILES string of the molecule is O=C(/C=C/c1ccc(F)cc1)NC(CO)c1cccc(CN2CCOCC2)c1. The van der Waals surface area contributed by atoms with Crippen molar-refractivity contribution in [2.45, 2.75) is 12.6 Å². The summed E-state index contributed by atoms with van der Waals surface area (Å²) in [7, 11) is 0. The van der Waals surface area contributed by atoms with E-state index < -0.39 is 6.04 Å². The summed E-state index contributed by atoms with van der Waals surface area (Å²) < 4.78 is 18.3. The lowest BCUT2D eigenvalue weighted by Gasteiger charge is -2.27. The molecule has 1 saturated heterocycles. The number of morpholine rings is 1. The number of amides is 1. The summed E-state index contributed by atoms with van der Waals surface area (Å²) in [5.74, 6) is -0.638. The van der Waals surface area contributed by atoms with Crippen molar-refractivity contribution >= 4 is 12.0 Å². The summed E-state index contributed by atoms with van der Waals surface area (Å²) in [5.41, 5.74) is 2.72. The number of nitrogens with one attached hydrogen (secondary N) is 1. The number of hydrogen-bond acceptors (Lipinski definition) is 4. The van der Waals surface area contributed by atoms with Gasteiger partial charge in [0.25, 0.3) is 0 Å². The number of aliphatic hydroxyl groups excluding tert-OH is 1. The minimum atomic E-state index is -0.491. The first-order valence-electron chi connectivity index (χ1n) is 9.38. The Morgan fingerprint density at radius 1 is 1.21 bits per heavy atom. The third kappa shape index (κ3) is 5.99. The van der Waals surface area contributed by atoms with Crippen LogP contribution in [0.4, 0.5) is 4.39 Å². The second kappa shape index (κ2) is 10.1. The van der Waals surface area contributed by atoms with Gasteiger partial charge in [-0.1, -0.05) is 36.4 Å². The van der Waals surface area contributed by atoms with Crippen LogP contribution in [0.1, 0.15) is 22.7 Å². The van der Waals surface area contributed by atoms with Gasteiger partial charge in [-0.3, -0.25) is 9.69 Å². The molecule has 1 atom stereocenters. The molecule has 0 aromatic heterocycles. The zero-order valence-electron chi connectivity index (χ0n) is 15.7. The fraction of sp³-hybridized carbons (Fsp3) is 0.318. The molecule has 1 aliphatic heterocycles. The lowest BCUT2D eigenvalue weighted by Crippen LogP contribution is -2.35. The summed E-state index contributed by atoms with van der Waals surface area (Å²) in [6.45, 7) is 3.91. The minimum absolute atomic E-state index is 0.197. The van der Waals surface area contributed by atoms with Crippen molar-refractivity contribution in [2.24, 2.45) is 0 Å². The Labute approximate surface area is 164 Å². The van der Waals surface area contributed by atoms with Gasteiger partial charge in [-0.2, -0.15) is 0 Å². The van der Waals surface area contributed by atoms with E-state index in [0.29, 0.717) is 0 Å². The molecule has 0 bridgehead atoms. The Hall–Kier alpha value is -2.54. The number of ether oxygens (including phenoxy) is 1. The standard InChI is InChI=1S/C22H25FN2O3/c23-20-7-4-17(5-8-20)6-9-22(27)24-21(16-26)19-3-1-2-18(14-19)15-25-10-12-28-13-11-25/h1-9,14,21,26H,10-13,15-16H2,(H,24,27)/b9-6+. The molecule has 2 aromatic rings. The highest BCUT2D eigenvalue weighted by Crippen LogP contribution is 2.16. The van der Waals surface area contributed by atoms with Crippen LogP contribution < -0.4 is 5.32 Å². The van der Waals surface area contributed by atoms with Crippen LogP contribution in [0.25, 0.3) is 6.08 Å². The van der Waals surface area contributed by atoms with E-state index in [2.05, 4.69) is 10.2 Å². The van der Waals surface area contributed by atoms with Crippen molar-refractivity contribution in [1.29, 1.82) is 0 Å². The maximum Gasteiger partial charge on any atom is 0.244 e. The first-order valence-corrected chi connectivity index (χ1v) is 9.38. The summed E-state index contributed by atoms with van der Waals surface area (Å²) >= 11 is 0. The highest BCUT2D eigenvalue weighted by Gasteiger charge is 2.15. The van der Waals surface area contributed by atoms with Crippen molar-refractivity contribution in [3.8, 4) is 0 Å². The van der Waals surface area contributed by atoms with Gasteiger partial charge in [0, 0.05) is 25.7 Å². The van der Waals surface area contributed by atoms with Gasteiger partial charge in [0.05, 0.1) is 25.9 Å². The highest BCUT2D eigenvalue weighted by atomic mass is 19.1. The molecular weight excluding hydrogens is 359 g/mol. The average Bonchev–Trinajstić information content (AvgIpc) is 2.72. The number of nitrogens with zero attached hydrogens (tertiary/aromatic N) is 1. The van der Waals surface area contributed by atoms with E-state index in [0.717, 1.165) is 49.5 Å². The van der Waals surface area contributed by atoms with Crippen LogP contribution in [-0.2, 0) is 16.1 Å². The number of halogens is 1. The second-order valence-electron chi connectivity index (χ2n) is 6.76. The molecule has 3 rings (SSSR count). The predicted octanol–water partition coefficient (Wildman–Crippen LogP) is 2.52. The molecule has 0 spiro atoms. The smallest absolute Gasteiger partial charge is 0.244 e. The van der Waals surface area contributed by atoms with Gasteiger partial charge in [-0.25, -0.2) is 4.39 Å². The minimum Gasteiger partial charge on any atom is -0.394 e. The summed E-state index contributed by atoms with van der Waals surface area (Å²) in [6.07, 6.45) is 2.99. The number of carbonyl (C=O) groups excluding carboxylic acids is 1. The Bertz CT molecular complexity index is 802. The van der Waals surface area contributed by atoms with Gasteiger partial charge in [0.15, 0.2) is 0 Å². The van der Waals surface area contributed by atoms with E-state index in [4.69, 9.17) is 4.74 Å². The Morgan fingerprint density at radius 3 is 2.68 bits per heavy atom. The molecule has 2 aromatic carbocycles. The number of rotatable bonds is 7. The fourth-order valence-electron chi connectivity index (χ4n) is 3.13. The lowest BCUT2D eigenvalue weighted by molar-refractivity contribution is -0.117. The van der Waals surface area contributed by atoms with Crippen LogP contribution >= 0.6 is 0 Å². The van der Waals surface area contributed by atoms with Gasteiger partial charge in [0.1, 0.15) is 5.82 Å². The monoisotopic (exact) mass is 384 g/mol. The molecule has 148 valence electrons. The Balaban J connectivity index is 1.61. The van der Waals surface area contributed by atoms with Gasteiger partial charge in [0.2, 0.25) is 5.91 Å². The number of carbonyl (C=O) groups is 1. The zero-order chi connectivity index (χ0) is 19.8. The largest absolute Gasteiger partial charge is 0.394 e. The molecule has 1 fully saturated rings. The van der Waals surface area contributed by atoms with Crippen molar-refractivity contribution in [2.75, 3.05) is 32.9 Å². The van der Waals surface area contributed by atoms with Gasteiger partial charge in [-0.05, 0) is 34.9 Å². The van der Waals surface area contributed by atoms with Crippen LogP contribution in [0.5, 0.6) is 0 Å². The molecule has 2 N–H and O–H groups in total. The van der Waals surface area contributed by atoms with Crippen molar-refractivity contribution in [3.63, 3.8) is 0 Å². The Morgan fingerprint density at radius 2 is 1.96 bits per heavy atom. The maximum atomic E-state index is 12.9. The van der Waals surface area contributed by atoms with Crippen LogP contribution in [0, 0.1) is 5.82 Å². The molecule has 1 heterocycles. The van der Waals surface area contributed by atoms with E-state index >= 15 is 0 Å². The third-order valence-electron chi connectivity index (χ3n) is 4.66. The van der Waals surface area contributed by atoms with Crippen molar-refractivity contribution in [3.05, 3.63) is 77.1 Å². The average molecular weight is 384 g/mol. The normalized spacial score (nSPS) is 16.2. The highest BCUT2D eigenvalue weighted by molar-refractivity contribution is 5.92. The van der Waals surface area contributed by atoms with E-state index in [1.807, 2.05) is 24.3 Å². The van der Waals surface area contributed by atoms with E-state index in [9.17, 15) is 14.3 Å². The van der Waals surface area contributed by atoms with Crippen LogP contribution in [-0.4, -0.2) is 48.8 Å². The predicted molar refractivity (Wildman–Crippen MR) is 106 cm³/mol. The molecule has 28 heavy (non-hydrogen) atoms. The summed E-state index contributed by atoms with van der Waals surface area (Å²) in [5, 5.41) is 12.6. The second-order valence-corrected chi connectivity index (χ2v) is 6.76. The molecular formula is C22H25FN2O3. The molecule has 0 radical (unpaired) electrons. The molecule has 0 saturated carbocycles. The third-order valence-corrected chi connectivity index (χ3v) is 4.66. The topological polar surface area (TPSA) is 61.8 Å². The number of aliphatic hydroxyl groups is 1. The summed E-state index contributed by atoms with van der Waals surface area (Å²) in [4.78, 5) is 14.5. The molecule has 0 aliphatic carbocycles. The molecule has 1 amide bonds. The van der Waals surface area contributed by atoms with Crippen molar-refractivity contribution in [1.82, 2.24) is 10.2 Å². The van der Waals surface area contributed by atoms with Gasteiger partial charge in [-0.15, -0.1) is 0 Å². The number of hydrogen-bond donors (Lipinski definition) is 2. The quantitative estimate of drug-likeness (QED) is 0.720. The lowest BCUT2D eigenvalue weighted by atomic mass is 10.0. The Kier molecular flexibility index (Phi) is 7.31. The van der Waals surface area contributed by atoms with Crippen LogP contribution in [0.3, 0.4) is 0 Å². The zero-order valence-corrected chi connectivity index (χ0v) is 15.7. The first kappa shape index (κ1) is 20.2. The molecule has 6 heteroatoms. The van der Waals surface area contributed by atoms with Gasteiger partial charge >= 0.3 is 0 Å². The maximum absolute atomic E-state index is 12.9. The first-order chi connectivity index (χ1) is 13.6. The van der Waals surface area contributed by atoms with Gasteiger partial charge < -0.3 is 15.2 Å². The van der Waals surface area contributed by atoms with E-state index in [1.165, 1.54) is 18.2 Å². The molecule has 1 aliphatic rings. The van der Waals surface area contributed by atoms with Crippen molar-refractivity contribution < 1.29 is 19.0 Å².